The second-order valence-electron chi connectivity index (χ2n) is 7.26. The number of benzene rings is 3. The van der Waals surface area contributed by atoms with Crippen LogP contribution in [0.4, 0.5) is 14.5 Å². The second kappa shape index (κ2) is 8.91. The molecule has 0 saturated carbocycles. The highest BCUT2D eigenvalue weighted by Crippen LogP contribution is 2.31. The number of nitrogens with zero attached hydrogens (tertiary/aromatic N) is 2. The number of aliphatic hydroxyl groups excluding tert-OH is 1. The molecule has 1 atom stereocenters. The van der Waals surface area contributed by atoms with Crippen LogP contribution in [-0.2, 0) is 11.4 Å². The van der Waals surface area contributed by atoms with Crippen LogP contribution in [0.2, 0.25) is 0 Å². The molecule has 31 heavy (non-hydrogen) atoms. The number of aliphatic hydroxyl groups is 1. The van der Waals surface area contributed by atoms with Crippen molar-refractivity contribution in [2.24, 2.45) is 0 Å². The average Bonchev–Trinajstić information content (AvgIpc) is 3.05. The predicted molar refractivity (Wildman–Crippen MR) is 117 cm³/mol. The van der Waals surface area contributed by atoms with E-state index in [9.17, 15) is 13.9 Å². The maximum Gasteiger partial charge on any atom is 0.123 e. The molecule has 0 bridgehead atoms. The first-order valence-electron chi connectivity index (χ1n) is 10.1. The topological polar surface area (TPSA) is 46.9 Å². The summed E-state index contributed by atoms with van der Waals surface area (Å²) in [5, 5.41) is 13.6. The maximum atomic E-state index is 13.8. The van der Waals surface area contributed by atoms with Crippen LogP contribution in [0, 0.1) is 11.6 Å². The summed E-state index contributed by atoms with van der Waals surface area (Å²) in [5.74, 6) is -0.0255. The Hall–Kier alpha value is -3.16. The van der Waals surface area contributed by atoms with Crippen molar-refractivity contribution in [1.82, 2.24) is 4.57 Å². The van der Waals surface area contributed by atoms with Crippen molar-refractivity contribution in [3.05, 3.63) is 72.3 Å². The standard InChI is InChI=1S/C24H24F2N2O3/c1-3-31-20-8-6-18(7-9-20)28(30-2)15-19(29)14-27-23-10-4-16(25)12-21(23)22-13-17(26)5-11-24(22)27/h4-13,19,29H,3,14-15H2,1-2H3. The molecule has 1 aromatic heterocycles. The third-order valence-corrected chi connectivity index (χ3v) is 5.21. The first-order chi connectivity index (χ1) is 15.0. The molecular formula is C24H24F2N2O3. The summed E-state index contributed by atoms with van der Waals surface area (Å²) in [6.45, 7) is 2.93. The Labute approximate surface area is 179 Å². The Bertz CT molecular complexity index is 1130. The van der Waals surface area contributed by atoms with E-state index in [2.05, 4.69) is 0 Å². The molecule has 0 radical (unpaired) electrons. The lowest BCUT2D eigenvalue weighted by atomic mass is 10.1. The normalized spacial score (nSPS) is 12.4. The highest BCUT2D eigenvalue weighted by molar-refractivity contribution is 6.08. The molecule has 1 unspecified atom stereocenters. The van der Waals surface area contributed by atoms with Gasteiger partial charge in [-0.1, -0.05) is 0 Å². The molecule has 4 rings (SSSR count). The Morgan fingerprint density at radius 1 is 0.935 bits per heavy atom. The van der Waals surface area contributed by atoms with Crippen molar-refractivity contribution in [3.8, 4) is 5.75 Å². The lowest BCUT2D eigenvalue weighted by Crippen LogP contribution is -2.34. The zero-order valence-electron chi connectivity index (χ0n) is 17.4. The molecule has 0 aliphatic carbocycles. The summed E-state index contributed by atoms with van der Waals surface area (Å²) in [6.07, 6.45) is -0.805. The van der Waals surface area contributed by atoms with Gasteiger partial charge in [-0.25, -0.2) is 8.78 Å². The Balaban J connectivity index is 1.60. The smallest absolute Gasteiger partial charge is 0.123 e. The number of aromatic nitrogens is 1. The number of hydroxylamine groups is 1. The van der Waals surface area contributed by atoms with E-state index in [1.54, 1.807) is 17.2 Å². The number of ether oxygens (including phenoxy) is 1. The molecule has 1 heterocycles. The van der Waals surface area contributed by atoms with E-state index in [1.807, 2.05) is 35.8 Å². The molecule has 0 spiro atoms. The Morgan fingerprint density at radius 2 is 1.52 bits per heavy atom. The highest BCUT2D eigenvalue weighted by atomic mass is 19.1. The molecule has 7 heteroatoms. The molecule has 162 valence electrons. The zero-order chi connectivity index (χ0) is 22.0. The molecule has 0 amide bonds. The summed E-state index contributed by atoms with van der Waals surface area (Å²) in [6, 6.07) is 16.2. The summed E-state index contributed by atoms with van der Waals surface area (Å²) in [5.41, 5.74) is 2.23. The van der Waals surface area contributed by atoms with E-state index in [1.165, 1.54) is 31.4 Å². The minimum absolute atomic E-state index is 0.202. The van der Waals surface area contributed by atoms with E-state index in [4.69, 9.17) is 9.57 Å². The SMILES string of the molecule is CCOc1ccc(N(CC(O)Cn2c3ccc(F)cc3c3cc(F)ccc32)OC)cc1. The number of hydrogen-bond acceptors (Lipinski definition) is 4. The molecular weight excluding hydrogens is 402 g/mol. The van der Waals surface area contributed by atoms with E-state index in [-0.39, 0.29) is 13.1 Å². The van der Waals surface area contributed by atoms with Gasteiger partial charge in [-0.15, -0.1) is 0 Å². The third kappa shape index (κ3) is 4.33. The van der Waals surface area contributed by atoms with Gasteiger partial charge >= 0.3 is 0 Å². The van der Waals surface area contributed by atoms with Crippen LogP contribution in [0.3, 0.4) is 0 Å². The first kappa shape index (κ1) is 21.1. The van der Waals surface area contributed by atoms with Crippen LogP contribution in [0.5, 0.6) is 5.75 Å². The van der Waals surface area contributed by atoms with Gasteiger partial charge in [0.25, 0.3) is 0 Å². The quantitative estimate of drug-likeness (QED) is 0.407. The van der Waals surface area contributed by atoms with Crippen LogP contribution in [0.15, 0.2) is 60.7 Å². The summed E-state index contributed by atoms with van der Waals surface area (Å²) < 4.78 is 35.0. The predicted octanol–water partition coefficient (Wildman–Crippen LogP) is 4.90. The van der Waals surface area contributed by atoms with Gasteiger partial charge in [0.1, 0.15) is 17.4 Å². The van der Waals surface area contributed by atoms with Gasteiger partial charge in [-0.05, 0) is 67.6 Å². The van der Waals surface area contributed by atoms with E-state index >= 15 is 0 Å². The van der Waals surface area contributed by atoms with Crippen LogP contribution in [0.1, 0.15) is 6.92 Å². The van der Waals surface area contributed by atoms with Gasteiger partial charge in [0.2, 0.25) is 0 Å². The molecule has 1 N–H and O–H groups in total. The minimum Gasteiger partial charge on any atom is -0.494 e. The van der Waals surface area contributed by atoms with Crippen molar-refractivity contribution in [3.63, 3.8) is 0 Å². The summed E-state index contributed by atoms with van der Waals surface area (Å²) in [7, 11) is 1.54. The van der Waals surface area contributed by atoms with Gasteiger partial charge in [0.05, 0.1) is 38.6 Å². The minimum atomic E-state index is -0.805. The number of fused-ring (bicyclic) bond motifs is 3. The van der Waals surface area contributed by atoms with Crippen LogP contribution >= 0.6 is 0 Å². The number of anilines is 1. The first-order valence-corrected chi connectivity index (χ1v) is 10.1. The van der Waals surface area contributed by atoms with E-state index < -0.39 is 17.7 Å². The summed E-state index contributed by atoms with van der Waals surface area (Å²) >= 11 is 0. The monoisotopic (exact) mass is 426 g/mol. The van der Waals surface area contributed by atoms with Crippen molar-refractivity contribution in [2.75, 3.05) is 25.3 Å². The van der Waals surface area contributed by atoms with Crippen molar-refractivity contribution in [2.45, 2.75) is 19.6 Å². The lowest BCUT2D eigenvalue weighted by Gasteiger charge is -2.25. The van der Waals surface area contributed by atoms with Gasteiger partial charge in [-0.3, -0.25) is 9.90 Å². The lowest BCUT2D eigenvalue weighted by molar-refractivity contribution is 0.0981. The Morgan fingerprint density at radius 3 is 2.03 bits per heavy atom. The van der Waals surface area contributed by atoms with Gasteiger partial charge < -0.3 is 14.4 Å². The van der Waals surface area contributed by atoms with Crippen LogP contribution in [-0.4, -0.2) is 36.0 Å². The number of halogens is 2. The maximum absolute atomic E-state index is 13.8. The van der Waals surface area contributed by atoms with Crippen molar-refractivity contribution in [1.29, 1.82) is 0 Å². The van der Waals surface area contributed by atoms with Gasteiger partial charge in [0, 0.05) is 21.8 Å². The largest absolute Gasteiger partial charge is 0.494 e. The van der Waals surface area contributed by atoms with Crippen molar-refractivity contribution < 1.29 is 23.5 Å². The van der Waals surface area contributed by atoms with Gasteiger partial charge in [-0.2, -0.15) is 0 Å². The molecule has 0 aliphatic rings. The molecule has 4 aromatic rings. The molecule has 0 aliphatic heterocycles. The zero-order valence-corrected chi connectivity index (χ0v) is 17.4. The third-order valence-electron chi connectivity index (χ3n) is 5.21. The highest BCUT2D eigenvalue weighted by Gasteiger charge is 2.18. The fourth-order valence-corrected chi connectivity index (χ4v) is 3.87. The van der Waals surface area contributed by atoms with Crippen LogP contribution < -0.4 is 9.80 Å². The second-order valence-corrected chi connectivity index (χ2v) is 7.26. The Kier molecular flexibility index (Phi) is 6.06. The summed E-state index contributed by atoms with van der Waals surface area (Å²) in [4.78, 5) is 5.46. The van der Waals surface area contributed by atoms with Gasteiger partial charge in [0.15, 0.2) is 0 Å². The fourth-order valence-electron chi connectivity index (χ4n) is 3.87. The number of rotatable bonds is 8. The fraction of sp³-hybridized carbons (Fsp3) is 0.250. The van der Waals surface area contributed by atoms with Crippen molar-refractivity contribution >= 4 is 27.5 Å². The molecule has 5 nitrogen and oxygen atoms in total. The molecule has 3 aromatic carbocycles. The average molecular weight is 426 g/mol. The van der Waals surface area contributed by atoms with E-state index in [0.29, 0.717) is 17.4 Å². The number of hydrogen-bond donors (Lipinski definition) is 1. The molecule has 0 saturated heterocycles. The van der Waals surface area contributed by atoms with Crippen LogP contribution in [0.25, 0.3) is 21.8 Å². The van der Waals surface area contributed by atoms with E-state index in [0.717, 1.165) is 22.5 Å². The molecule has 0 fully saturated rings.